The first-order chi connectivity index (χ1) is 14.7. The van der Waals surface area contributed by atoms with E-state index in [9.17, 15) is 23.9 Å². The zero-order valence-corrected chi connectivity index (χ0v) is 17.3. The monoisotopic (exact) mass is 442 g/mol. The molecular formula is C21H19FN4O4S. The zero-order chi connectivity index (χ0) is 22.3. The molecule has 2 fully saturated rings. The van der Waals surface area contributed by atoms with Crippen LogP contribution in [0.2, 0.25) is 0 Å². The van der Waals surface area contributed by atoms with Crippen LogP contribution in [0, 0.1) is 17.8 Å². The van der Waals surface area contributed by atoms with Gasteiger partial charge in [0.1, 0.15) is 16.2 Å². The van der Waals surface area contributed by atoms with E-state index in [4.69, 9.17) is 5.73 Å². The first-order valence-corrected chi connectivity index (χ1v) is 10.4. The molecule has 0 radical (unpaired) electrons. The normalized spacial score (nSPS) is 24.5. The molecular weight excluding hydrogens is 423 g/mol. The van der Waals surface area contributed by atoms with Gasteiger partial charge in [-0.15, -0.1) is 0 Å². The Bertz CT molecular complexity index is 1150. The lowest BCUT2D eigenvalue weighted by molar-refractivity contribution is -0.137. The highest BCUT2D eigenvalue weighted by Crippen LogP contribution is 2.37. The molecule has 0 unspecified atom stereocenters. The van der Waals surface area contributed by atoms with Crippen LogP contribution in [0.5, 0.6) is 0 Å². The number of alkyl halides is 1. The molecule has 160 valence electrons. The maximum atomic E-state index is 13.1. The lowest BCUT2D eigenvalue weighted by atomic mass is 10.0. The largest absolute Gasteiger partial charge is 0.369 e. The van der Waals surface area contributed by atoms with Crippen molar-refractivity contribution in [1.29, 1.82) is 0 Å². The third-order valence-corrected chi connectivity index (χ3v) is 6.20. The third-order valence-electron chi connectivity index (χ3n) is 5.18. The van der Waals surface area contributed by atoms with Crippen LogP contribution >= 0.6 is 11.3 Å². The highest BCUT2D eigenvalue weighted by molar-refractivity contribution is 7.19. The number of nitrogens with zero attached hydrogens (tertiary/aromatic N) is 2. The molecule has 8 nitrogen and oxygen atoms in total. The van der Waals surface area contributed by atoms with Crippen molar-refractivity contribution >= 4 is 34.1 Å². The Balaban J connectivity index is 1.60. The van der Waals surface area contributed by atoms with Crippen LogP contribution in [-0.4, -0.2) is 58.1 Å². The fraction of sp³-hybridized carbons (Fsp3) is 0.333. The van der Waals surface area contributed by atoms with Gasteiger partial charge in [-0.25, -0.2) is 9.37 Å². The molecule has 3 atom stereocenters. The van der Waals surface area contributed by atoms with Crippen LogP contribution in [0.3, 0.4) is 0 Å². The summed E-state index contributed by atoms with van der Waals surface area (Å²) in [5.41, 5.74) is 4.71. The molecule has 1 aromatic carbocycles. The fourth-order valence-corrected chi connectivity index (χ4v) is 4.18. The van der Waals surface area contributed by atoms with E-state index >= 15 is 0 Å². The second kappa shape index (κ2) is 7.76. The molecule has 31 heavy (non-hydrogen) atoms. The first kappa shape index (κ1) is 21.0. The Morgan fingerprint density at radius 1 is 1.45 bits per heavy atom. The number of benzene rings is 1. The summed E-state index contributed by atoms with van der Waals surface area (Å²) in [6.07, 6.45) is -0.775. The fourth-order valence-electron chi connectivity index (χ4n) is 3.21. The van der Waals surface area contributed by atoms with Crippen LogP contribution in [0.15, 0.2) is 24.3 Å². The lowest BCUT2D eigenvalue weighted by Gasteiger charge is -2.13. The minimum atomic E-state index is -1.71. The summed E-state index contributed by atoms with van der Waals surface area (Å²) in [6, 6.07) is 6.85. The van der Waals surface area contributed by atoms with Gasteiger partial charge in [-0.3, -0.25) is 14.4 Å². The molecule has 0 bridgehead atoms. The number of halogens is 1. The van der Waals surface area contributed by atoms with Crippen LogP contribution in [0.1, 0.15) is 28.9 Å². The Hall–Kier alpha value is -3.29. The molecule has 4 rings (SSSR count). The van der Waals surface area contributed by atoms with Crippen molar-refractivity contribution in [2.24, 2.45) is 11.7 Å². The molecule has 3 amide bonds. The summed E-state index contributed by atoms with van der Waals surface area (Å²) in [4.78, 5) is 41.5. The average Bonchev–Trinajstić information content (AvgIpc) is 3.23. The smallest absolute Gasteiger partial charge is 0.270 e. The minimum Gasteiger partial charge on any atom is -0.369 e. The number of hydrogen-bond donors (Lipinski definition) is 3. The van der Waals surface area contributed by atoms with Gasteiger partial charge >= 0.3 is 0 Å². The number of thiazole rings is 1. The number of likely N-dealkylation sites (N-methyl/N-ethyl adjacent to an activating group) is 1. The molecule has 2 heterocycles. The van der Waals surface area contributed by atoms with Gasteiger partial charge in [0, 0.05) is 31.1 Å². The summed E-state index contributed by atoms with van der Waals surface area (Å²) in [6.45, 7) is 0.428. The number of likely N-dealkylation sites (tertiary alicyclic amines) is 1. The summed E-state index contributed by atoms with van der Waals surface area (Å²) < 4.78 is 13.1. The van der Waals surface area contributed by atoms with Gasteiger partial charge in [0.25, 0.3) is 11.8 Å². The Morgan fingerprint density at radius 3 is 2.81 bits per heavy atom. The van der Waals surface area contributed by atoms with Crippen LogP contribution < -0.4 is 11.1 Å². The third kappa shape index (κ3) is 4.15. The van der Waals surface area contributed by atoms with Crippen molar-refractivity contribution in [1.82, 2.24) is 9.88 Å². The molecule has 1 aromatic heterocycles. The van der Waals surface area contributed by atoms with Crippen molar-refractivity contribution in [3.05, 3.63) is 35.5 Å². The maximum Gasteiger partial charge on any atom is 0.270 e. The number of primary amides is 1. The molecule has 1 saturated carbocycles. The summed E-state index contributed by atoms with van der Waals surface area (Å²) in [7, 11) is 1.61. The van der Waals surface area contributed by atoms with Gasteiger partial charge in [0.05, 0.1) is 5.92 Å². The van der Waals surface area contributed by atoms with Crippen LogP contribution in [0.25, 0.3) is 10.6 Å². The SMILES string of the molecule is CN1CC[C@@](O)(C#Cc2cccc(-c3nc(C(N)=O)c(NC(=O)[C@H]4C[C@H]4F)s3)c2)C1=O. The highest BCUT2D eigenvalue weighted by atomic mass is 32.1. The van der Waals surface area contributed by atoms with Gasteiger partial charge in [-0.05, 0) is 18.6 Å². The summed E-state index contributed by atoms with van der Waals surface area (Å²) in [5.74, 6) is 2.99. The Labute approximate surface area is 181 Å². The molecule has 1 saturated heterocycles. The first-order valence-electron chi connectivity index (χ1n) is 9.55. The van der Waals surface area contributed by atoms with E-state index in [1.165, 1.54) is 4.90 Å². The molecule has 10 heteroatoms. The van der Waals surface area contributed by atoms with E-state index in [1.807, 2.05) is 0 Å². The zero-order valence-electron chi connectivity index (χ0n) is 16.5. The quantitative estimate of drug-likeness (QED) is 0.613. The molecule has 2 aliphatic rings. The molecule has 1 aliphatic heterocycles. The lowest BCUT2D eigenvalue weighted by Crippen LogP contribution is -2.37. The summed E-state index contributed by atoms with van der Waals surface area (Å²) >= 11 is 1.04. The van der Waals surface area contributed by atoms with Crippen LogP contribution in [0.4, 0.5) is 9.39 Å². The number of aliphatic hydroxyl groups is 1. The molecule has 2 aromatic rings. The molecule has 1 aliphatic carbocycles. The van der Waals surface area contributed by atoms with Gasteiger partial charge < -0.3 is 21.1 Å². The average molecular weight is 442 g/mol. The summed E-state index contributed by atoms with van der Waals surface area (Å²) in [5, 5.41) is 13.6. The standard InChI is InChI=1S/C21H19FN4O4S/c1-26-8-7-21(30,20(26)29)6-5-11-3-2-4-12(9-11)18-24-15(16(23)27)19(31-18)25-17(28)13-10-14(13)22/h2-4,9,13-14,30H,7-8,10H2,1H3,(H2,23,27)(H,25,28)/t13-,14+,21-/m0/s1. The van der Waals surface area contributed by atoms with Crippen molar-refractivity contribution in [3.63, 3.8) is 0 Å². The van der Waals surface area contributed by atoms with Gasteiger partial charge in [0.15, 0.2) is 5.69 Å². The van der Waals surface area contributed by atoms with E-state index in [0.717, 1.165) is 11.3 Å². The Kier molecular flexibility index (Phi) is 5.24. The number of rotatable bonds is 4. The molecule has 0 spiro atoms. The Morgan fingerprint density at radius 2 is 2.19 bits per heavy atom. The predicted octanol–water partition coefficient (Wildman–Crippen LogP) is 1.15. The number of carbonyl (C=O) groups is 3. The van der Waals surface area contributed by atoms with E-state index in [-0.39, 0.29) is 23.5 Å². The van der Waals surface area contributed by atoms with Crippen molar-refractivity contribution in [2.75, 3.05) is 18.9 Å². The number of carbonyl (C=O) groups excluding carboxylic acids is 3. The van der Waals surface area contributed by atoms with Crippen molar-refractivity contribution < 1.29 is 23.9 Å². The highest BCUT2D eigenvalue weighted by Gasteiger charge is 2.44. The number of hydrogen-bond acceptors (Lipinski definition) is 6. The van der Waals surface area contributed by atoms with Crippen molar-refractivity contribution in [2.45, 2.75) is 24.6 Å². The molecule has 4 N–H and O–H groups in total. The van der Waals surface area contributed by atoms with E-state index in [1.54, 1.807) is 31.3 Å². The second-order valence-electron chi connectivity index (χ2n) is 7.58. The van der Waals surface area contributed by atoms with E-state index in [0.29, 0.717) is 22.7 Å². The van der Waals surface area contributed by atoms with Gasteiger partial charge in [0.2, 0.25) is 11.5 Å². The maximum absolute atomic E-state index is 13.1. The van der Waals surface area contributed by atoms with Crippen molar-refractivity contribution in [3.8, 4) is 22.4 Å². The minimum absolute atomic E-state index is 0.102. The second-order valence-corrected chi connectivity index (χ2v) is 8.58. The number of anilines is 1. The number of aromatic nitrogens is 1. The number of amides is 3. The van der Waals surface area contributed by atoms with E-state index < -0.39 is 35.4 Å². The van der Waals surface area contributed by atoms with Gasteiger partial charge in [-0.2, -0.15) is 0 Å². The van der Waals surface area contributed by atoms with E-state index in [2.05, 4.69) is 22.1 Å². The predicted molar refractivity (Wildman–Crippen MR) is 112 cm³/mol. The van der Waals surface area contributed by atoms with Crippen LogP contribution in [-0.2, 0) is 9.59 Å². The van der Waals surface area contributed by atoms with Gasteiger partial charge in [-0.1, -0.05) is 35.3 Å². The number of nitrogens with one attached hydrogen (secondary N) is 1. The topological polar surface area (TPSA) is 126 Å². The number of nitrogens with two attached hydrogens (primary N) is 1.